The number of anilines is 1. The quantitative estimate of drug-likeness (QED) is 0.573. The van der Waals surface area contributed by atoms with E-state index in [0.717, 1.165) is 16.7 Å². The number of hydrogen-bond donors (Lipinski definition) is 1. The topological polar surface area (TPSA) is 79.2 Å². The second kappa shape index (κ2) is 8.33. The molecule has 32 heavy (non-hydrogen) atoms. The lowest BCUT2D eigenvalue weighted by molar-refractivity contribution is -0.133. The van der Waals surface area contributed by atoms with Crippen LogP contribution in [-0.4, -0.2) is 27.0 Å². The number of nitrogen functional groups attached to an aromatic ring is 1. The minimum absolute atomic E-state index is 0.00866. The van der Waals surface area contributed by atoms with Crippen molar-refractivity contribution in [2.24, 2.45) is 0 Å². The fourth-order valence-corrected chi connectivity index (χ4v) is 3.40. The van der Waals surface area contributed by atoms with E-state index in [4.69, 9.17) is 10.5 Å². The van der Waals surface area contributed by atoms with Crippen molar-refractivity contribution in [3.63, 3.8) is 0 Å². The number of nitrogens with zero attached hydrogens (tertiary/aromatic N) is 2. The van der Waals surface area contributed by atoms with Crippen molar-refractivity contribution in [2.75, 3.05) is 5.73 Å². The first-order valence-corrected chi connectivity index (χ1v) is 9.83. The van der Waals surface area contributed by atoms with Crippen molar-refractivity contribution in [1.29, 1.82) is 0 Å². The van der Waals surface area contributed by atoms with Gasteiger partial charge >= 0.3 is 12.3 Å². The second-order valence-electron chi connectivity index (χ2n) is 8.47. The van der Waals surface area contributed by atoms with E-state index in [2.05, 4.69) is 0 Å². The number of ether oxygens (including phenoxy) is 1. The SMILES string of the molecule is CC(C)(C)OC(=O)n1c(Cn2cccc(N)c2=O)cc2cc(F)cc(CCC(F)(F)F)c21. The molecule has 0 aliphatic heterocycles. The molecule has 10 heteroatoms. The van der Waals surface area contributed by atoms with E-state index in [-0.39, 0.29) is 34.4 Å². The molecular formula is C22H23F4N3O3. The third kappa shape index (κ3) is 5.30. The van der Waals surface area contributed by atoms with Crippen molar-refractivity contribution >= 4 is 22.7 Å². The van der Waals surface area contributed by atoms with E-state index in [1.807, 2.05) is 0 Å². The highest BCUT2D eigenvalue weighted by molar-refractivity contribution is 5.93. The lowest BCUT2D eigenvalue weighted by Crippen LogP contribution is -2.29. The minimum atomic E-state index is -4.46. The number of aryl methyl sites for hydroxylation is 1. The van der Waals surface area contributed by atoms with Gasteiger partial charge in [0.2, 0.25) is 0 Å². The molecule has 0 amide bonds. The zero-order chi connectivity index (χ0) is 23.8. The molecule has 2 aromatic heterocycles. The highest BCUT2D eigenvalue weighted by Gasteiger charge is 2.29. The fourth-order valence-electron chi connectivity index (χ4n) is 3.40. The lowest BCUT2D eigenvalue weighted by atomic mass is 10.1. The number of hydrogen-bond acceptors (Lipinski definition) is 4. The number of aromatic nitrogens is 2. The zero-order valence-electron chi connectivity index (χ0n) is 17.8. The second-order valence-corrected chi connectivity index (χ2v) is 8.47. The Labute approximate surface area is 181 Å². The van der Waals surface area contributed by atoms with Gasteiger partial charge in [0.25, 0.3) is 5.56 Å². The van der Waals surface area contributed by atoms with Crippen LogP contribution in [0.2, 0.25) is 0 Å². The van der Waals surface area contributed by atoms with Gasteiger partial charge in [-0.1, -0.05) is 0 Å². The molecule has 2 heterocycles. The maximum Gasteiger partial charge on any atom is 0.419 e. The monoisotopic (exact) mass is 453 g/mol. The average Bonchev–Trinajstić information content (AvgIpc) is 2.99. The summed E-state index contributed by atoms with van der Waals surface area (Å²) in [6.45, 7) is 4.80. The molecule has 172 valence electrons. The number of pyridine rings is 1. The van der Waals surface area contributed by atoms with E-state index < -0.39 is 42.1 Å². The van der Waals surface area contributed by atoms with Gasteiger partial charge in [-0.05, 0) is 63.1 Å². The van der Waals surface area contributed by atoms with Crippen molar-refractivity contribution in [1.82, 2.24) is 9.13 Å². The Hall–Kier alpha value is -3.30. The number of halogens is 4. The van der Waals surface area contributed by atoms with Gasteiger partial charge in [0.15, 0.2) is 0 Å². The molecule has 0 saturated carbocycles. The molecule has 0 aliphatic rings. The highest BCUT2D eigenvalue weighted by atomic mass is 19.4. The summed E-state index contributed by atoms with van der Waals surface area (Å²) in [5, 5.41) is 0.222. The summed E-state index contributed by atoms with van der Waals surface area (Å²) in [4.78, 5) is 25.4. The molecule has 3 rings (SSSR count). The van der Waals surface area contributed by atoms with Gasteiger partial charge in [-0.15, -0.1) is 0 Å². The van der Waals surface area contributed by atoms with Crippen LogP contribution in [0.5, 0.6) is 0 Å². The number of alkyl halides is 3. The molecular weight excluding hydrogens is 430 g/mol. The summed E-state index contributed by atoms with van der Waals surface area (Å²) in [6.07, 6.45) is -5.56. The van der Waals surface area contributed by atoms with Crippen LogP contribution in [0.15, 0.2) is 41.3 Å². The summed E-state index contributed by atoms with van der Waals surface area (Å²) < 4.78 is 60.6. The summed E-state index contributed by atoms with van der Waals surface area (Å²) >= 11 is 0. The van der Waals surface area contributed by atoms with Crippen molar-refractivity contribution in [3.8, 4) is 0 Å². The lowest BCUT2D eigenvalue weighted by Gasteiger charge is -2.22. The highest BCUT2D eigenvalue weighted by Crippen LogP contribution is 2.30. The number of benzene rings is 1. The van der Waals surface area contributed by atoms with E-state index in [9.17, 15) is 27.2 Å². The zero-order valence-corrected chi connectivity index (χ0v) is 17.8. The van der Waals surface area contributed by atoms with Gasteiger partial charge in [-0.2, -0.15) is 13.2 Å². The van der Waals surface area contributed by atoms with Crippen LogP contribution in [-0.2, 0) is 17.7 Å². The normalized spacial score (nSPS) is 12.3. The molecule has 0 atom stereocenters. The maximum absolute atomic E-state index is 14.2. The van der Waals surface area contributed by atoms with Crippen LogP contribution in [0, 0.1) is 5.82 Å². The number of carbonyl (C=O) groups excluding carboxylic acids is 1. The van der Waals surface area contributed by atoms with Crippen molar-refractivity contribution in [3.05, 3.63) is 64.0 Å². The maximum atomic E-state index is 14.2. The number of fused-ring (bicyclic) bond motifs is 1. The molecule has 2 N–H and O–H groups in total. The molecule has 3 aromatic rings. The Kier molecular flexibility index (Phi) is 6.08. The predicted octanol–water partition coefficient (Wildman–Crippen LogP) is 4.85. The summed E-state index contributed by atoms with van der Waals surface area (Å²) in [6, 6.07) is 6.53. The van der Waals surface area contributed by atoms with Gasteiger partial charge in [0.1, 0.15) is 11.4 Å². The summed E-state index contributed by atoms with van der Waals surface area (Å²) in [5.74, 6) is -0.733. The first kappa shape index (κ1) is 23.4. The number of rotatable bonds is 4. The van der Waals surface area contributed by atoms with Crippen LogP contribution in [0.4, 0.5) is 28.0 Å². The van der Waals surface area contributed by atoms with Gasteiger partial charge in [-0.25, -0.2) is 13.8 Å². The summed E-state index contributed by atoms with van der Waals surface area (Å²) in [7, 11) is 0. The van der Waals surface area contributed by atoms with Crippen molar-refractivity contribution in [2.45, 2.75) is 51.9 Å². The molecule has 0 spiro atoms. The van der Waals surface area contributed by atoms with Gasteiger partial charge in [0, 0.05) is 18.0 Å². The molecule has 0 unspecified atom stereocenters. The number of carbonyl (C=O) groups is 1. The molecule has 0 aliphatic carbocycles. The van der Waals surface area contributed by atoms with E-state index in [1.54, 1.807) is 26.8 Å². The van der Waals surface area contributed by atoms with Crippen LogP contribution < -0.4 is 11.3 Å². The minimum Gasteiger partial charge on any atom is -0.443 e. The molecule has 1 aromatic carbocycles. The molecule has 0 bridgehead atoms. The van der Waals surface area contributed by atoms with E-state index in [1.165, 1.54) is 22.9 Å². The van der Waals surface area contributed by atoms with Crippen LogP contribution >= 0.6 is 0 Å². The predicted molar refractivity (Wildman–Crippen MR) is 112 cm³/mol. The van der Waals surface area contributed by atoms with Crippen LogP contribution in [0.25, 0.3) is 10.9 Å². The van der Waals surface area contributed by atoms with Crippen molar-refractivity contribution < 1.29 is 27.1 Å². The average molecular weight is 453 g/mol. The fraction of sp³-hybridized carbons (Fsp3) is 0.364. The van der Waals surface area contributed by atoms with Crippen LogP contribution in [0.3, 0.4) is 0 Å². The van der Waals surface area contributed by atoms with Crippen LogP contribution in [0.1, 0.15) is 38.4 Å². The van der Waals surface area contributed by atoms with Gasteiger partial charge < -0.3 is 15.0 Å². The van der Waals surface area contributed by atoms with E-state index >= 15 is 0 Å². The Balaban J connectivity index is 2.21. The first-order chi connectivity index (χ1) is 14.7. The smallest absolute Gasteiger partial charge is 0.419 e. The Bertz CT molecular complexity index is 1220. The molecule has 6 nitrogen and oxygen atoms in total. The Morgan fingerprint density at radius 2 is 1.84 bits per heavy atom. The first-order valence-electron chi connectivity index (χ1n) is 9.83. The van der Waals surface area contributed by atoms with Gasteiger partial charge in [-0.3, -0.25) is 4.79 Å². The third-order valence-corrected chi connectivity index (χ3v) is 4.65. The number of nitrogens with two attached hydrogens (primary N) is 1. The molecule has 0 fully saturated rings. The third-order valence-electron chi connectivity index (χ3n) is 4.65. The summed E-state index contributed by atoms with van der Waals surface area (Å²) in [5.41, 5.74) is 4.61. The van der Waals surface area contributed by atoms with Gasteiger partial charge in [0.05, 0.1) is 23.4 Å². The molecule has 0 radical (unpaired) electrons. The Morgan fingerprint density at radius 3 is 2.47 bits per heavy atom. The standard InChI is InChI=1S/C22H23F4N3O3/c1-21(2,3)32-20(31)29-16(12-28-8-4-5-17(27)19(28)30)11-14-10-15(23)9-13(18(14)29)6-7-22(24,25)26/h4-5,8-11H,6-7,12,27H2,1-3H3. The Morgan fingerprint density at radius 1 is 1.16 bits per heavy atom. The largest absolute Gasteiger partial charge is 0.443 e. The molecule has 0 saturated heterocycles. The van der Waals surface area contributed by atoms with E-state index in [0.29, 0.717) is 0 Å².